The van der Waals surface area contributed by atoms with E-state index in [2.05, 4.69) is 74.5 Å². The first-order valence-electron chi connectivity index (χ1n) is 10.3. The van der Waals surface area contributed by atoms with Gasteiger partial charge in [-0.05, 0) is 76.9 Å². The minimum atomic E-state index is 0.395. The summed E-state index contributed by atoms with van der Waals surface area (Å²) in [4.78, 5) is 9.54. The van der Waals surface area contributed by atoms with E-state index in [9.17, 15) is 0 Å². The topological polar surface area (TPSA) is 48.8 Å². The fraction of sp³-hybridized carbons (Fsp3) is 0.417. The summed E-state index contributed by atoms with van der Waals surface area (Å²) < 4.78 is 0. The molecule has 0 aliphatic carbocycles. The van der Waals surface area contributed by atoms with Crippen LogP contribution >= 0.6 is 0 Å². The average molecular weight is 379 g/mol. The molecule has 2 rings (SSSR count). The minimum absolute atomic E-state index is 0.395. The van der Waals surface area contributed by atoms with Gasteiger partial charge in [-0.15, -0.1) is 0 Å². The summed E-state index contributed by atoms with van der Waals surface area (Å²) >= 11 is 0. The second kappa shape index (κ2) is 11.3. The standard InChI is InChI=1S/C24H34N4/c1-6-7-10-24(28-23-14-9-13-22(16-23)27-19(4)5)17-25-20-11-8-12-21(15-20)26-18(2)3/h8-9,11-19,26-27H,6-7,10H2,1-5H3. The zero-order valence-corrected chi connectivity index (χ0v) is 17.9. The van der Waals surface area contributed by atoms with Gasteiger partial charge in [-0.2, -0.15) is 0 Å². The largest absolute Gasteiger partial charge is 0.383 e. The van der Waals surface area contributed by atoms with Gasteiger partial charge in [0.1, 0.15) is 0 Å². The van der Waals surface area contributed by atoms with Crippen LogP contribution in [0.25, 0.3) is 0 Å². The third kappa shape index (κ3) is 7.95. The lowest BCUT2D eigenvalue weighted by molar-refractivity contribution is 0.839. The second-order valence-electron chi connectivity index (χ2n) is 7.66. The van der Waals surface area contributed by atoms with Crippen molar-refractivity contribution in [1.82, 2.24) is 0 Å². The van der Waals surface area contributed by atoms with Gasteiger partial charge < -0.3 is 10.6 Å². The molecule has 0 amide bonds. The van der Waals surface area contributed by atoms with Crippen LogP contribution in [-0.2, 0) is 0 Å². The maximum absolute atomic E-state index is 4.86. The van der Waals surface area contributed by atoms with Crippen LogP contribution in [0.2, 0.25) is 0 Å². The molecule has 0 radical (unpaired) electrons. The lowest BCUT2D eigenvalue weighted by atomic mass is 10.2. The van der Waals surface area contributed by atoms with Crippen molar-refractivity contribution in [2.75, 3.05) is 10.6 Å². The maximum atomic E-state index is 4.86. The summed E-state index contributed by atoms with van der Waals surface area (Å²) in [6.07, 6.45) is 5.07. The fourth-order valence-corrected chi connectivity index (χ4v) is 2.83. The Kier molecular flexibility index (Phi) is 8.73. The predicted molar refractivity (Wildman–Crippen MR) is 125 cm³/mol. The van der Waals surface area contributed by atoms with E-state index in [1.54, 1.807) is 0 Å². The van der Waals surface area contributed by atoms with Gasteiger partial charge in [0.25, 0.3) is 0 Å². The number of nitrogens with one attached hydrogen (secondary N) is 2. The summed E-state index contributed by atoms with van der Waals surface area (Å²) in [5.74, 6) is 0. The lowest BCUT2D eigenvalue weighted by Crippen LogP contribution is -2.09. The van der Waals surface area contributed by atoms with Crippen LogP contribution < -0.4 is 10.6 Å². The van der Waals surface area contributed by atoms with E-state index in [0.717, 1.165) is 47.7 Å². The van der Waals surface area contributed by atoms with Gasteiger partial charge in [0.05, 0.1) is 17.1 Å². The minimum Gasteiger partial charge on any atom is -0.383 e. The third-order valence-corrected chi connectivity index (χ3v) is 4.02. The first-order chi connectivity index (χ1) is 13.5. The number of nitrogens with zero attached hydrogens (tertiary/aromatic N) is 2. The van der Waals surface area contributed by atoms with E-state index in [1.807, 2.05) is 30.5 Å². The Morgan fingerprint density at radius 1 is 0.893 bits per heavy atom. The Labute approximate surface area is 170 Å². The van der Waals surface area contributed by atoms with Crippen LogP contribution in [0.5, 0.6) is 0 Å². The highest BCUT2D eigenvalue weighted by molar-refractivity contribution is 6.31. The van der Waals surface area contributed by atoms with Crippen molar-refractivity contribution in [3.05, 3.63) is 48.5 Å². The Balaban J connectivity index is 2.21. The molecule has 0 bridgehead atoms. The fourth-order valence-electron chi connectivity index (χ4n) is 2.83. The molecule has 0 spiro atoms. The number of unbranched alkanes of at least 4 members (excludes halogenated alkanes) is 1. The predicted octanol–water partition coefficient (Wildman–Crippen LogP) is 6.99. The Morgan fingerprint density at radius 2 is 1.46 bits per heavy atom. The molecule has 4 heteroatoms. The Bertz CT molecular complexity index is 791. The van der Waals surface area contributed by atoms with Crippen molar-refractivity contribution in [3.63, 3.8) is 0 Å². The van der Waals surface area contributed by atoms with Crippen LogP contribution in [0, 0.1) is 0 Å². The summed E-state index contributed by atoms with van der Waals surface area (Å²) in [6.45, 7) is 10.7. The molecule has 0 atom stereocenters. The lowest BCUT2D eigenvalue weighted by Gasteiger charge is -2.10. The highest BCUT2D eigenvalue weighted by Gasteiger charge is 2.01. The smallest absolute Gasteiger partial charge is 0.0654 e. The number of anilines is 2. The van der Waals surface area contributed by atoms with Gasteiger partial charge in [0.2, 0.25) is 0 Å². The summed E-state index contributed by atoms with van der Waals surface area (Å²) in [7, 11) is 0. The third-order valence-electron chi connectivity index (χ3n) is 4.02. The maximum Gasteiger partial charge on any atom is 0.0654 e. The summed E-state index contributed by atoms with van der Waals surface area (Å²) in [5, 5.41) is 6.85. The molecular weight excluding hydrogens is 344 g/mol. The Morgan fingerprint density at radius 3 is 2.04 bits per heavy atom. The normalized spacial score (nSPS) is 12.2. The highest BCUT2D eigenvalue weighted by Crippen LogP contribution is 2.21. The molecule has 150 valence electrons. The van der Waals surface area contributed by atoms with E-state index in [0.29, 0.717) is 12.1 Å². The SMILES string of the molecule is CCCCC(C=Nc1cccc(NC(C)C)c1)=Nc1cccc(NC(C)C)c1. The van der Waals surface area contributed by atoms with Crippen LogP contribution in [0.15, 0.2) is 58.5 Å². The average Bonchev–Trinajstić information content (AvgIpc) is 2.63. The van der Waals surface area contributed by atoms with Gasteiger partial charge in [-0.1, -0.05) is 25.5 Å². The van der Waals surface area contributed by atoms with Crippen molar-refractivity contribution < 1.29 is 0 Å². The Hall–Kier alpha value is -2.62. The molecule has 0 saturated heterocycles. The zero-order valence-electron chi connectivity index (χ0n) is 17.9. The van der Waals surface area contributed by atoms with E-state index in [4.69, 9.17) is 4.99 Å². The zero-order chi connectivity index (χ0) is 20.4. The molecule has 0 fully saturated rings. The van der Waals surface area contributed by atoms with Crippen molar-refractivity contribution in [2.24, 2.45) is 9.98 Å². The molecule has 0 heterocycles. The molecular formula is C24H34N4. The summed E-state index contributed by atoms with van der Waals surface area (Å²) in [6, 6.07) is 17.2. The molecule has 2 N–H and O–H groups in total. The molecule has 0 aromatic heterocycles. The van der Waals surface area contributed by atoms with Gasteiger partial charge in [-0.25, -0.2) is 0 Å². The molecule has 2 aromatic rings. The van der Waals surface area contributed by atoms with Crippen molar-refractivity contribution in [1.29, 1.82) is 0 Å². The number of hydrogen-bond donors (Lipinski definition) is 2. The second-order valence-corrected chi connectivity index (χ2v) is 7.66. The molecule has 28 heavy (non-hydrogen) atoms. The van der Waals surface area contributed by atoms with E-state index in [-0.39, 0.29) is 0 Å². The van der Waals surface area contributed by atoms with Crippen LogP contribution in [-0.4, -0.2) is 24.0 Å². The van der Waals surface area contributed by atoms with Gasteiger partial charge >= 0.3 is 0 Å². The quantitative estimate of drug-likeness (QED) is 0.438. The molecule has 0 unspecified atom stereocenters. The van der Waals surface area contributed by atoms with Crippen LogP contribution in [0.1, 0.15) is 53.9 Å². The van der Waals surface area contributed by atoms with Crippen molar-refractivity contribution >= 4 is 34.7 Å². The van der Waals surface area contributed by atoms with Gasteiger partial charge in [-0.3, -0.25) is 9.98 Å². The monoisotopic (exact) mass is 378 g/mol. The molecule has 0 saturated carbocycles. The number of hydrogen-bond acceptors (Lipinski definition) is 4. The molecule has 0 aliphatic rings. The first kappa shape index (κ1) is 21.7. The number of rotatable bonds is 10. The number of aliphatic imine (C=N–C) groups is 2. The molecule has 4 nitrogen and oxygen atoms in total. The first-order valence-corrected chi connectivity index (χ1v) is 10.3. The molecule has 0 aliphatic heterocycles. The van der Waals surface area contributed by atoms with Crippen LogP contribution in [0.3, 0.4) is 0 Å². The molecule has 2 aromatic carbocycles. The van der Waals surface area contributed by atoms with Crippen LogP contribution in [0.4, 0.5) is 22.7 Å². The van der Waals surface area contributed by atoms with Crippen molar-refractivity contribution in [2.45, 2.75) is 66.0 Å². The highest BCUT2D eigenvalue weighted by atomic mass is 14.9. The van der Waals surface area contributed by atoms with Crippen molar-refractivity contribution in [3.8, 4) is 0 Å². The van der Waals surface area contributed by atoms with Gasteiger partial charge in [0.15, 0.2) is 0 Å². The van der Waals surface area contributed by atoms with Gasteiger partial charge in [0, 0.05) is 29.7 Å². The van der Waals surface area contributed by atoms with E-state index < -0.39 is 0 Å². The summed E-state index contributed by atoms with van der Waals surface area (Å²) in [5.41, 5.74) is 5.08. The van der Waals surface area contributed by atoms with E-state index >= 15 is 0 Å². The van der Waals surface area contributed by atoms with E-state index in [1.165, 1.54) is 0 Å². The number of benzene rings is 2.